The average molecular weight is 324 g/mol. The maximum atomic E-state index is 11.6. The van der Waals surface area contributed by atoms with Crippen molar-refractivity contribution in [1.82, 2.24) is 5.32 Å². The predicted octanol–water partition coefficient (Wildman–Crippen LogP) is 2.76. The van der Waals surface area contributed by atoms with Gasteiger partial charge in [-0.3, -0.25) is 4.79 Å². The van der Waals surface area contributed by atoms with Crippen LogP contribution in [0, 0.1) is 11.3 Å². The highest BCUT2D eigenvalue weighted by molar-refractivity contribution is 5.77. The normalized spacial score (nSPS) is 10.0. The van der Waals surface area contributed by atoms with Gasteiger partial charge in [0, 0.05) is 20.3 Å². The van der Waals surface area contributed by atoms with E-state index in [0.717, 1.165) is 17.5 Å². The molecule has 0 unspecified atom stereocenters. The second-order valence-electron chi connectivity index (χ2n) is 5.20. The van der Waals surface area contributed by atoms with Crippen LogP contribution in [0.25, 0.3) is 11.1 Å². The second kappa shape index (κ2) is 9.33. The Morgan fingerprint density at radius 3 is 2.29 bits per heavy atom. The smallest absolute Gasteiger partial charge is 0.257 e. The summed E-state index contributed by atoms with van der Waals surface area (Å²) >= 11 is 0. The monoisotopic (exact) mass is 324 g/mol. The van der Waals surface area contributed by atoms with Crippen molar-refractivity contribution >= 4 is 5.91 Å². The summed E-state index contributed by atoms with van der Waals surface area (Å²) in [6, 6.07) is 17.0. The SMILES string of the molecule is COCCCNC(=O)COc1ccc(-c2ccc(C#N)cc2)cc1. The molecular formula is C19H20N2O3. The molecule has 2 rings (SSSR count). The van der Waals surface area contributed by atoms with E-state index in [1.165, 1.54) is 0 Å². The third-order valence-electron chi connectivity index (χ3n) is 3.42. The quantitative estimate of drug-likeness (QED) is 0.758. The van der Waals surface area contributed by atoms with Crippen LogP contribution < -0.4 is 10.1 Å². The van der Waals surface area contributed by atoms with Crippen molar-refractivity contribution in [3.05, 3.63) is 54.1 Å². The lowest BCUT2D eigenvalue weighted by molar-refractivity contribution is -0.123. The van der Waals surface area contributed by atoms with Gasteiger partial charge in [-0.05, 0) is 41.8 Å². The Hall–Kier alpha value is -2.84. The maximum absolute atomic E-state index is 11.6. The summed E-state index contributed by atoms with van der Waals surface area (Å²) in [6.07, 6.45) is 0.779. The van der Waals surface area contributed by atoms with E-state index in [4.69, 9.17) is 14.7 Å². The molecule has 2 aromatic rings. The van der Waals surface area contributed by atoms with E-state index in [0.29, 0.717) is 24.5 Å². The van der Waals surface area contributed by atoms with Gasteiger partial charge < -0.3 is 14.8 Å². The van der Waals surface area contributed by atoms with Gasteiger partial charge in [-0.2, -0.15) is 5.26 Å². The molecule has 0 aliphatic rings. The number of benzene rings is 2. The van der Waals surface area contributed by atoms with Crippen LogP contribution >= 0.6 is 0 Å². The summed E-state index contributed by atoms with van der Waals surface area (Å²) < 4.78 is 10.4. The third kappa shape index (κ3) is 5.41. The van der Waals surface area contributed by atoms with Crippen molar-refractivity contribution in [3.8, 4) is 22.9 Å². The topological polar surface area (TPSA) is 71.3 Å². The van der Waals surface area contributed by atoms with Crippen LogP contribution in [0.5, 0.6) is 5.75 Å². The average Bonchev–Trinajstić information content (AvgIpc) is 2.64. The molecule has 5 heteroatoms. The summed E-state index contributed by atoms with van der Waals surface area (Å²) in [5, 5.41) is 11.6. The predicted molar refractivity (Wildman–Crippen MR) is 91.6 cm³/mol. The Labute approximate surface area is 141 Å². The highest BCUT2D eigenvalue weighted by Crippen LogP contribution is 2.22. The van der Waals surface area contributed by atoms with Crippen LogP contribution in [0.1, 0.15) is 12.0 Å². The molecule has 0 aliphatic carbocycles. The van der Waals surface area contributed by atoms with Gasteiger partial charge in [-0.25, -0.2) is 0 Å². The Kier molecular flexibility index (Phi) is 6.81. The highest BCUT2D eigenvalue weighted by Gasteiger charge is 2.03. The standard InChI is InChI=1S/C19H20N2O3/c1-23-12-2-11-21-19(22)14-24-18-9-7-17(8-10-18)16-5-3-15(13-20)4-6-16/h3-10H,2,11-12,14H2,1H3,(H,21,22). The number of nitriles is 1. The fourth-order valence-corrected chi connectivity index (χ4v) is 2.13. The summed E-state index contributed by atoms with van der Waals surface area (Å²) in [6.45, 7) is 1.19. The number of amides is 1. The molecule has 5 nitrogen and oxygen atoms in total. The van der Waals surface area contributed by atoms with Gasteiger partial charge in [0.15, 0.2) is 6.61 Å². The molecule has 24 heavy (non-hydrogen) atoms. The van der Waals surface area contributed by atoms with E-state index in [1.807, 2.05) is 36.4 Å². The molecule has 0 fully saturated rings. The van der Waals surface area contributed by atoms with Gasteiger partial charge in [0.25, 0.3) is 5.91 Å². The second-order valence-corrected chi connectivity index (χ2v) is 5.20. The van der Waals surface area contributed by atoms with Gasteiger partial charge in [0.1, 0.15) is 5.75 Å². The Balaban J connectivity index is 1.83. The molecule has 0 aromatic heterocycles. The molecule has 0 saturated carbocycles. The first kappa shape index (κ1) is 17.5. The minimum absolute atomic E-state index is 0.0107. The van der Waals surface area contributed by atoms with E-state index in [-0.39, 0.29) is 12.5 Å². The van der Waals surface area contributed by atoms with Crippen molar-refractivity contribution < 1.29 is 14.3 Å². The van der Waals surface area contributed by atoms with E-state index in [9.17, 15) is 4.79 Å². The summed E-state index contributed by atoms with van der Waals surface area (Å²) in [4.78, 5) is 11.6. The van der Waals surface area contributed by atoms with Gasteiger partial charge in [0.05, 0.1) is 11.6 Å². The molecule has 0 radical (unpaired) electrons. The van der Waals surface area contributed by atoms with E-state index < -0.39 is 0 Å². The lowest BCUT2D eigenvalue weighted by atomic mass is 10.0. The van der Waals surface area contributed by atoms with Crippen LogP contribution in [0.15, 0.2) is 48.5 Å². The molecule has 1 amide bonds. The van der Waals surface area contributed by atoms with Crippen LogP contribution in [0.3, 0.4) is 0 Å². The third-order valence-corrected chi connectivity index (χ3v) is 3.42. The number of hydrogen-bond donors (Lipinski definition) is 1. The lowest BCUT2D eigenvalue weighted by Gasteiger charge is -2.08. The van der Waals surface area contributed by atoms with Gasteiger partial charge in [-0.1, -0.05) is 24.3 Å². The molecule has 1 N–H and O–H groups in total. The molecule has 2 aromatic carbocycles. The molecule has 0 spiro atoms. The van der Waals surface area contributed by atoms with Crippen molar-refractivity contribution in [2.24, 2.45) is 0 Å². The van der Waals surface area contributed by atoms with E-state index >= 15 is 0 Å². The fraction of sp³-hybridized carbons (Fsp3) is 0.263. The zero-order valence-corrected chi connectivity index (χ0v) is 13.6. The molecular weight excluding hydrogens is 304 g/mol. The van der Waals surface area contributed by atoms with Crippen LogP contribution in [-0.4, -0.2) is 32.8 Å². The Morgan fingerprint density at radius 1 is 1.08 bits per heavy atom. The largest absolute Gasteiger partial charge is 0.484 e. The first-order chi connectivity index (χ1) is 11.7. The van der Waals surface area contributed by atoms with Crippen LogP contribution in [-0.2, 0) is 9.53 Å². The molecule has 0 bridgehead atoms. The number of ether oxygens (including phenoxy) is 2. The lowest BCUT2D eigenvalue weighted by Crippen LogP contribution is -2.30. The van der Waals surface area contributed by atoms with Crippen LogP contribution in [0.2, 0.25) is 0 Å². The zero-order valence-electron chi connectivity index (χ0n) is 13.6. The number of hydrogen-bond acceptors (Lipinski definition) is 4. The minimum Gasteiger partial charge on any atom is -0.484 e. The van der Waals surface area contributed by atoms with Crippen molar-refractivity contribution in [3.63, 3.8) is 0 Å². The number of nitrogens with zero attached hydrogens (tertiary/aromatic N) is 1. The highest BCUT2D eigenvalue weighted by atomic mass is 16.5. The number of carbonyl (C=O) groups excluding carboxylic acids is 1. The number of rotatable bonds is 8. The molecule has 0 aliphatic heterocycles. The van der Waals surface area contributed by atoms with Crippen molar-refractivity contribution in [2.75, 3.05) is 26.9 Å². The van der Waals surface area contributed by atoms with Gasteiger partial charge in [-0.15, -0.1) is 0 Å². The van der Waals surface area contributed by atoms with E-state index in [2.05, 4.69) is 11.4 Å². The zero-order chi connectivity index (χ0) is 17.2. The maximum Gasteiger partial charge on any atom is 0.257 e. The Bertz CT molecular complexity index is 688. The number of nitrogens with one attached hydrogen (secondary N) is 1. The Morgan fingerprint density at radius 2 is 1.71 bits per heavy atom. The first-order valence-electron chi connectivity index (χ1n) is 7.72. The molecule has 0 saturated heterocycles. The van der Waals surface area contributed by atoms with Gasteiger partial charge >= 0.3 is 0 Å². The summed E-state index contributed by atoms with van der Waals surface area (Å²) in [7, 11) is 1.63. The molecule has 124 valence electrons. The molecule has 0 heterocycles. The fourth-order valence-electron chi connectivity index (χ4n) is 2.13. The minimum atomic E-state index is -0.151. The summed E-state index contributed by atoms with van der Waals surface area (Å²) in [5.41, 5.74) is 2.68. The van der Waals surface area contributed by atoms with E-state index in [1.54, 1.807) is 19.2 Å². The molecule has 0 atom stereocenters. The van der Waals surface area contributed by atoms with Crippen LogP contribution in [0.4, 0.5) is 0 Å². The number of carbonyl (C=O) groups is 1. The van der Waals surface area contributed by atoms with Crippen molar-refractivity contribution in [1.29, 1.82) is 5.26 Å². The first-order valence-corrected chi connectivity index (χ1v) is 7.72. The summed E-state index contributed by atoms with van der Waals surface area (Å²) in [5.74, 6) is 0.488. The van der Waals surface area contributed by atoms with Crippen molar-refractivity contribution in [2.45, 2.75) is 6.42 Å². The number of methoxy groups -OCH3 is 1. The van der Waals surface area contributed by atoms with Gasteiger partial charge in [0.2, 0.25) is 0 Å².